The first-order chi connectivity index (χ1) is 17.7. The van der Waals surface area contributed by atoms with Crippen LogP contribution >= 0.6 is 0 Å². The SMILES string of the molecule is O=C(C1CCCCC1)N(C1=C(N(C(=O)C2CCCCC2)C2CCCCC2)NCCN1)C1CCCCC1. The van der Waals surface area contributed by atoms with Crippen molar-refractivity contribution in [3.63, 3.8) is 0 Å². The average molecular weight is 499 g/mol. The van der Waals surface area contributed by atoms with Gasteiger partial charge in [-0.1, -0.05) is 77.0 Å². The monoisotopic (exact) mass is 498 g/mol. The van der Waals surface area contributed by atoms with Gasteiger partial charge in [0, 0.05) is 37.0 Å². The summed E-state index contributed by atoms with van der Waals surface area (Å²) >= 11 is 0. The molecule has 0 saturated heterocycles. The van der Waals surface area contributed by atoms with Gasteiger partial charge in [0.25, 0.3) is 0 Å². The van der Waals surface area contributed by atoms with Gasteiger partial charge in [-0.05, 0) is 51.4 Å². The second kappa shape index (κ2) is 12.7. The number of hydrogen-bond donors (Lipinski definition) is 2. The Labute approximate surface area is 219 Å². The maximum atomic E-state index is 14.2. The van der Waals surface area contributed by atoms with Gasteiger partial charge in [0.15, 0.2) is 11.6 Å². The van der Waals surface area contributed by atoms with Crippen LogP contribution in [0.2, 0.25) is 0 Å². The molecule has 4 fully saturated rings. The number of amides is 2. The summed E-state index contributed by atoms with van der Waals surface area (Å²) in [5, 5.41) is 7.38. The summed E-state index contributed by atoms with van der Waals surface area (Å²) in [6, 6.07) is 0.507. The third kappa shape index (κ3) is 5.88. The molecule has 5 rings (SSSR count). The zero-order chi connectivity index (χ0) is 24.7. The average Bonchev–Trinajstić information content (AvgIpc) is 2.96. The molecule has 0 radical (unpaired) electrons. The molecule has 1 aliphatic heterocycles. The molecule has 2 N–H and O–H groups in total. The van der Waals surface area contributed by atoms with Gasteiger partial charge in [-0.25, -0.2) is 0 Å². The lowest BCUT2D eigenvalue weighted by molar-refractivity contribution is -0.140. The van der Waals surface area contributed by atoms with Crippen LogP contribution in [0.3, 0.4) is 0 Å². The highest BCUT2D eigenvalue weighted by atomic mass is 16.2. The van der Waals surface area contributed by atoms with Crippen molar-refractivity contribution >= 4 is 11.8 Å². The zero-order valence-corrected chi connectivity index (χ0v) is 22.6. The number of hydrogen-bond acceptors (Lipinski definition) is 4. The molecular formula is C30H50N4O2. The van der Waals surface area contributed by atoms with Crippen molar-refractivity contribution in [2.75, 3.05) is 13.1 Å². The van der Waals surface area contributed by atoms with Gasteiger partial charge in [-0.2, -0.15) is 0 Å². The predicted octanol–water partition coefficient (Wildman–Crippen LogP) is 5.79. The molecule has 0 unspecified atom stereocenters. The van der Waals surface area contributed by atoms with Gasteiger partial charge in [0.05, 0.1) is 0 Å². The van der Waals surface area contributed by atoms with Crippen molar-refractivity contribution in [3.8, 4) is 0 Å². The lowest BCUT2D eigenvalue weighted by Gasteiger charge is -2.45. The third-order valence-electron chi connectivity index (χ3n) is 9.68. The molecule has 0 spiro atoms. The van der Waals surface area contributed by atoms with Gasteiger partial charge in [0.1, 0.15) is 0 Å². The number of nitrogens with one attached hydrogen (secondary N) is 2. The molecule has 36 heavy (non-hydrogen) atoms. The smallest absolute Gasteiger partial charge is 0.231 e. The van der Waals surface area contributed by atoms with Gasteiger partial charge < -0.3 is 10.6 Å². The third-order valence-corrected chi connectivity index (χ3v) is 9.68. The summed E-state index contributed by atoms with van der Waals surface area (Å²) in [5.41, 5.74) is 0. The van der Waals surface area contributed by atoms with E-state index in [1.165, 1.54) is 77.0 Å². The van der Waals surface area contributed by atoms with E-state index in [1.54, 1.807) is 0 Å². The molecule has 0 aromatic rings. The highest BCUT2D eigenvalue weighted by molar-refractivity contribution is 5.83. The number of nitrogens with zero attached hydrogens (tertiary/aromatic N) is 2. The molecular weight excluding hydrogens is 448 g/mol. The standard InChI is InChI=1S/C30H50N4O2/c35-29(23-13-5-1-6-14-23)33(25-17-9-3-10-18-25)27-28(32-22-21-31-27)34(26-19-11-4-12-20-26)30(36)24-15-7-2-8-16-24/h23-26,31-32H,1-22H2. The zero-order valence-electron chi connectivity index (χ0n) is 22.6. The van der Waals surface area contributed by atoms with E-state index in [0.29, 0.717) is 11.8 Å². The number of carbonyl (C=O) groups is 2. The van der Waals surface area contributed by atoms with E-state index in [1.807, 2.05) is 0 Å². The summed E-state index contributed by atoms with van der Waals surface area (Å²) in [7, 11) is 0. The van der Waals surface area contributed by atoms with E-state index < -0.39 is 0 Å². The largest absolute Gasteiger partial charge is 0.367 e. The fourth-order valence-corrected chi connectivity index (χ4v) is 7.64. The lowest BCUT2D eigenvalue weighted by atomic mass is 9.86. The van der Waals surface area contributed by atoms with E-state index in [-0.39, 0.29) is 23.9 Å². The normalized spacial score (nSPS) is 25.7. The Morgan fingerprint density at radius 3 is 1.11 bits per heavy atom. The molecule has 0 bridgehead atoms. The minimum absolute atomic E-state index is 0.135. The fourth-order valence-electron chi connectivity index (χ4n) is 7.64. The van der Waals surface area contributed by atoms with E-state index >= 15 is 0 Å². The highest BCUT2D eigenvalue weighted by Gasteiger charge is 2.40. The fraction of sp³-hybridized carbons (Fsp3) is 0.867. The van der Waals surface area contributed by atoms with Gasteiger partial charge in [0.2, 0.25) is 11.8 Å². The summed E-state index contributed by atoms with van der Waals surface area (Å²) in [6.45, 7) is 1.60. The van der Waals surface area contributed by atoms with E-state index in [0.717, 1.165) is 76.1 Å². The van der Waals surface area contributed by atoms with Crippen molar-refractivity contribution < 1.29 is 9.59 Å². The Morgan fingerprint density at radius 2 is 0.778 bits per heavy atom. The molecule has 0 aromatic carbocycles. The summed E-state index contributed by atoms with van der Waals surface area (Å²) in [5.74, 6) is 2.76. The van der Waals surface area contributed by atoms with Gasteiger partial charge in [-0.15, -0.1) is 0 Å². The van der Waals surface area contributed by atoms with Crippen LogP contribution in [0.5, 0.6) is 0 Å². The Morgan fingerprint density at radius 1 is 0.472 bits per heavy atom. The number of rotatable bonds is 6. The summed E-state index contributed by atoms with van der Waals surface area (Å²) in [6.07, 6.45) is 22.9. The van der Waals surface area contributed by atoms with Crippen LogP contribution in [-0.2, 0) is 9.59 Å². The molecule has 202 valence electrons. The maximum absolute atomic E-state index is 14.2. The van der Waals surface area contributed by atoms with Crippen LogP contribution in [0.15, 0.2) is 11.6 Å². The van der Waals surface area contributed by atoms with Crippen molar-refractivity contribution in [1.82, 2.24) is 20.4 Å². The molecule has 6 nitrogen and oxygen atoms in total. The summed E-state index contributed by atoms with van der Waals surface area (Å²) in [4.78, 5) is 32.8. The first-order valence-corrected chi connectivity index (χ1v) is 15.6. The second-order valence-electron chi connectivity index (χ2n) is 12.2. The first-order valence-electron chi connectivity index (χ1n) is 15.6. The van der Waals surface area contributed by atoms with Crippen molar-refractivity contribution in [1.29, 1.82) is 0 Å². The molecule has 2 amide bonds. The first kappa shape index (κ1) is 25.9. The minimum atomic E-state index is 0.135. The van der Waals surface area contributed by atoms with Crippen molar-refractivity contribution in [2.45, 2.75) is 141 Å². The Kier molecular flexibility index (Phi) is 9.13. The Hall–Kier alpha value is -1.72. The van der Waals surface area contributed by atoms with Crippen molar-refractivity contribution in [2.24, 2.45) is 11.8 Å². The van der Waals surface area contributed by atoms with Crippen LogP contribution in [-0.4, -0.2) is 46.8 Å². The predicted molar refractivity (Wildman–Crippen MR) is 144 cm³/mol. The van der Waals surface area contributed by atoms with Crippen molar-refractivity contribution in [3.05, 3.63) is 11.6 Å². The van der Waals surface area contributed by atoms with E-state index in [4.69, 9.17) is 0 Å². The molecule has 1 heterocycles. The number of carbonyl (C=O) groups excluding carboxylic acids is 2. The minimum Gasteiger partial charge on any atom is -0.367 e. The molecule has 4 aliphatic carbocycles. The lowest BCUT2D eigenvalue weighted by Crippen LogP contribution is -2.57. The summed E-state index contributed by atoms with van der Waals surface area (Å²) < 4.78 is 0. The van der Waals surface area contributed by atoms with Crippen LogP contribution in [0.1, 0.15) is 128 Å². The van der Waals surface area contributed by atoms with Crippen LogP contribution in [0.4, 0.5) is 0 Å². The van der Waals surface area contributed by atoms with Crippen LogP contribution < -0.4 is 10.6 Å². The molecule has 5 aliphatic rings. The van der Waals surface area contributed by atoms with E-state index in [2.05, 4.69) is 20.4 Å². The molecule has 4 saturated carbocycles. The van der Waals surface area contributed by atoms with Crippen LogP contribution in [0.25, 0.3) is 0 Å². The second-order valence-corrected chi connectivity index (χ2v) is 12.2. The molecule has 0 atom stereocenters. The van der Waals surface area contributed by atoms with Gasteiger partial charge >= 0.3 is 0 Å². The van der Waals surface area contributed by atoms with Gasteiger partial charge in [-0.3, -0.25) is 19.4 Å². The maximum Gasteiger partial charge on any atom is 0.231 e. The molecule has 6 heteroatoms. The topological polar surface area (TPSA) is 64.7 Å². The Balaban J connectivity index is 1.52. The van der Waals surface area contributed by atoms with Crippen LogP contribution in [0, 0.1) is 11.8 Å². The quantitative estimate of drug-likeness (QED) is 0.487. The highest BCUT2D eigenvalue weighted by Crippen LogP contribution is 2.36. The van der Waals surface area contributed by atoms with E-state index in [9.17, 15) is 9.59 Å². The molecule has 0 aromatic heterocycles. The Bertz CT molecular complexity index is 708.